The number of rotatable bonds is 6. The normalized spacial score (nSPS) is 23.3. The predicted molar refractivity (Wildman–Crippen MR) is 128 cm³/mol. The first kappa shape index (κ1) is 25.2. The van der Waals surface area contributed by atoms with Gasteiger partial charge in [-0.1, -0.05) is 6.92 Å². The Morgan fingerprint density at radius 2 is 1.72 bits per heavy atom. The van der Waals surface area contributed by atoms with E-state index in [0.29, 0.717) is 42.4 Å². The molecular formula is C23H36N2O5S2. The van der Waals surface area contributed by atoms with Gasteiger partial charge in [0.05, 0.1) is 18.9 Å². The molecule has 0 atom stereocenters. The van der Waals surface area contributed by atoms with E-state index >= 15 is 0 Å². The average molecular weight is 485 g/mol. The lowest BCUT2D eigenvalue weighted by molar-refractivity contribution is -0.123. The van der Waals surface area contributed by atoms with Crippen LogP contribution < -0.4 is 4.90 Å². The molecule has 2 heterocycles. The lowest BCUT2D eigenvalue weighted by atomic mass is 9.82. The van der Waals surface area contributed by atoms with Crippen molar-refractivity contribution < 1.29 is 22.7 Å². The molecule has 0 radical (unpaired) electrons. The number of anilines is 1. The highest BCUT2D eigenvalue weighted by Crippen LogP contribution is 2.42. The summed E-state index contributed by atoms with van der Waals surface area (Å²) in [5, 5.41) is 0.663. The van der Waals surface area contributed by atoms with Crippen LogP contribution in [0.5, 0.6) is 0 Å². The first-order valence-corrected chi connectivity index (χ1v) is 14.2. The summed E-state index contributed by atoms with van der Waals surface area (Å²) in [5.41, 5.74) is 0.435. The van der Waals surface area contributed by atoms with Gasteiger partial charge < -0.3 is 9.64 Å². The standard InChI is InChI=1S/C23H36N2O5S2/c1-15(2)25(21(26)18-8-6-16(3)7-9-18)22-19(23(27)30-4)14-20(31-22)17-10-12-24(13-11-17)32(5,28)29/h14-18H,6-13H2,1-5H3/t16-,18-. The largest absolute Gasteiger partial charge is 0.465 e. The van der Waals surface area contributed by atoms with Crippen LogP contribution in [0, 0.1) is 11.8 Å². The van der Waals surface area contributed by atoms with Crippen molar-refractivity contribution in [3.05, 3.63) is 16.5 Å². The fourth-order valence-corrected chi connectivity index (χ4v) is 7.13. The highest BCUT2D eigenvalue weighted by atomic mass is 32.2. The fraction of sp³-hybridized carbons (Fsp3) is 0.739. The number of ether oxygens (including phenoxy) is 1. The highest BCUT2D eigenvalue weighted by Gasteiger charge is 2.35. The van der Waals surface area contributed by atoms with E-state index in [4.69, 9.17) is 4.74 Å². The van der Waals surface area contributed by atoms with Crippen LogP contribution >= 0.6 is 11.3 Å². The number of carbonyl (C=O) groups excluding carboxylic acids is 2. The Morgan fingerprint density at radius 1 is 1.12 bits per heavy atom. The summed E-state index contributed by atoms with van der Waals surface area (Å²) < 4.78 is 30.3. The van der Waals surface area contributed by atoms with E-state index in [-0.39, 0.29) is 23.8 Å². The maximum Gasteiger partial charge on any atom is 0.340 e. The number of nitrogens with zero attached hydrogens (tertiary/aromatic N) is 2. The second-order valence-corrected chi connectivity index (χ2v) is 12.6. The Bertz CT molecular complexity index is 924. The molecular weight excluding hydrogens is 448 g/mol. The molecule has 2 fully saturated rings. The molecule has 0 unspecified atom stereocenters. The van der Waals surface area contributed by atoms with E-state index < -0.39 is 16.0 Å². The molecule has 0 N–H and O–H groups in total. The maximum absolute atomic E-state index is 13.6. The van der Waals surface area contributed by atoms with Crippen molar-refractivity contribution in [3.63, 3.8) is 0 Å². The van der Waals surface area contributed by atoms with Gasteiger partial charge in [0.25, 0.3) is 0 Å². The van der Waals surface area contributed by atoms with Gasteiger partial charge in [0.1, 0.15) is 5.00 Å². The van der Waals surface area contributed by atoms with Crippen LogP contribution in [0.15, 0.2) is 6.07 Å². The van der Waals surface area contributed by atoms with Crippen LogP contribution in [-0.4, -0.2) is 57.1 Å². The molecule has 0 bridgehead atoms. The van der Waals surface area contributed by atoms with E-state index in [1.54, 1.807) is 4.90 Å². The van der Waals surface area contributed by atoms with Crippen molar-refractivity contribution in [2.24, 2.45) is 11.8 Å². The van der Waals surface area contributed by atoms with Crippen molar-refractivity contribution in [2.45, 2.75) is 71.3 Å². The zero-order valence-electron chi connectivity index (χ0n) is 19.8. The molecule has 2 aliphatic rings. The van der Waals surface area contributed by atoms with Crippen LogP contribution in [0.25, 0.3) is 0 Å². The summed E-state index contributed by atoms with van der Waals surface area (Å²) in [6, 6.07) is 1.78. The second kappa shape index (κ2) is 10.2. The molecule has 1 amide bonds. The van der Waals surface area contributed by atoms with Gasteiger partial charge >= 0.3 is 5.97 Å². The van der Waals surface area contributed by atoms with Crippen LogP contribution in [0.4, 0.5) is 5.00 Å². The van der Waals surface area contributed by atoms with E-state index in [0.717, 1.165) is 30.6 Å². The average Bonchev–Trinajstić information content (AvgIpc) is 3.17. The molecule has 32 heavy (non-hydrogen) atoms. The van der Waals surface area contributed by atoms with Crippen molar-refractivity contribution in [3.8, 4) is 0 Å². The summed E-state index contributed by atoms with van der Waals surface area (Å²) in [5.74, 6) is 0.463. The van der Waals surface area contributed by atoms with Crippen LogP contribution in [0.3, 0.4) is 0 Å². The first-order valence-electron chi connectivity index (χ1n) is 11.5. The number of sulfonamides is 1. The number of hydrogen-bond donors (Lipinski definition) is 0. The third-order valence-electron chi connectivity index (χ3n) is 6.80. The lowest BCUT2D eigenvalue weighted by Crippen LogP contribution is -2.42. The summed E-state index contributed by atoms with van der Waals surface area (Å²) in [4.78, 5) is 29.0. The zero-order chi connectivity index (χ0) is 23.6. The molecule has 1 saturated carbocycles. The smallest absolute Gasteiger partial charge is 0.340 e. The molecule has 3 rings (SSSR count). The zero-order valence-corrected chi connectivity index (χ0v) is 21.4. The van der Waals surface area contributed by atoms with Crippen molar-refractivity contribution in [1.29, 1.82) is 0 Å². The van der Waals surface area contributed by atoms with Crippen LogP contribution in [0.1, 0.15) is 80.4 Å². The molecule has 1 aliphatic carbocycles. The number of methoxy groups -OCH3 is 1. The van der Waals surface area contributed by atoms with Gasteiger partial charge in [-0.05, 0) is 70.3 Å². The molecule has 7 nitrogen and oxygen atoms in total. The number of piperidine rings is 1. The Kier molecular flexibility index (Phi) is 8.04. The number of esters is 1. The Balaban J connectivity index is 1.89. The minimum Gasteiger partial charge on any atom is -0.465 e. The van der Waals surface area contributed by atoms with Crippen LogP contribution in [-0.2, 0) is 19.6 Å². The van der Waals surface area contributed by atoms with E-state index in [2.05, 4.69) is 6.92 Å². The molecule has 1 aliphatic heterocycles. The Labute approximate surface area is 196 Å². The molecule has 9 heteroatoms. The van der Waals surface area contributed by atoms with Gasteiger partial charge in [-0.15, -0.1) is 11.3 Å². The first-order chi connectivity index (χ1) is 15.0. The SMILES string of the molecule is COC(=O)c1cc(C2CCN(S(C)(=O)=O)CC2)sc1N(C(=O)[C@H]1CC[C@H](C)CC1)C(C)C. The monoisotopic (exact) mass is 484 g/mol. The lowest BCUT2D eigenvalue weighted by Gasteiger charge is -2.33. The quantitative estimate of drug-likeness (QED) is 0.564. The van der Waals surface area contributed by atoms with Gasteiger partial charge in [-0.3, -0.25) is 4.79 Å². The molecule has 0 spiro atoms. The Hall–Kier alpha value is -1.45. The maximum atomic E-state index is 13.6. The Morgan fingerprint density at radius 3 is 2.22 bits per heavy atom. The van der Waals surface area contributed by atoms with Crippen molar-refractivity contribution >= 4 is 38.2 Å². The van der Waals surface area contributed by atoms with Crippen LogP contribution in [0.2, 0.25) is 0 Å². The van der Waals surface area contributed by atoms with Gasteiger partial charge in [0, 0.05) is 29.9 Å². The molecule has 1 aromatic heterocycles. The molecule has 0 aromatic carbocycles. The summed E-state index contributed by atoms with van der Waals surface area (Å²) >= 11 is 1.48. The second-order valence-electron chi connectivity index (χ2n) is 9.55. The predicted octanol–water partition coefficient (Wildman–Crippen LogP) is 4.24. The van der Waals surface area contributed by atoms with E-state index in [1.807, 2.05) is 19.9 Å². The number of thiophene rings is 1. The molecule has 1 aromatic rings. The topological polar surface area (TPSA) is 84.0 Å². The third kappa shape index (κ3) is 5.54. The third-order valence-corrected chi connectivity index (χ3v) is 9.40. The van der Waals surface area contributed by atoms with Gasteiger partial charge in [-0.25, -0.2) is 17.5 Å². The summed E-state index contributed by atoms with van der Waals surface area (Å²) in [7, 11) is -1.84. The van der Waals surface area contributed by atoms with E-state index in [9.17, 15) is 18.0 Å². The minimum absolute atomic E-state index is 0.0114. The fourth-order valence-electron chi connectivity index (χ4n) is 4.80. The molecule has 1 saturated heterocycles. The van der Waals surface area contributed by atoms with Gasteiger partial charge in [-0.2, -0.15) is 0 Å². The number of amides is 1. The molecule has 180 valence electrons. The van der Waals surface area contributed by atoms with Crippen molar-refractivity contribution in [1.82, 2.24) is 4.31 Å². The van der Waals surface area contributed by atoms with Gasteiger partial charge in [0.2, 0.25) is 15.9 Å². The number of carbonyl (C=O) groups is 2. The summed E-state index contributed by atoms with van der Waals surface area (Å²) in [6.45, 7) is 7.13. The van der Waals surface area contributed by atoms with E-state index in [1.165, 1.54) is 29.0 Å². The van der Waals surface area contributed by atoms with Crippen molar-refractivity contribution in [2.75, 3.05) is 31.4 Å². The minimum atomic E-state index is -3.19. The van der Waals surface area contributed by atoms with Gasteiger partial charge in [0.15, 0.2) is 0 Å². The summed E-state index contributed by atoms with van der Waals surface area (Å²) in [6.07, 6.45) is 6.52. The number of hydrogen-bond acceptors (Lipinski definition) is 6. The highest BCUT2D eigenvalue weighted by molar-refractivity contribution is 7.88.